The minimum Gasteiger partial charge on any atom is -0.399 e. The van der Waals surface area contributed by atoms with E-state index in [1.807, 2.05) is 4.57 Å². The molecule has 0 bridgehead atoms. The molecule has 0 aromatic carbocycles. The van der Waals surface area contributed by atoms with Gasteiger partial charge in [0, 0.05) is 13.0 Å². The van der Waals surface area contributed by atoms with Crippen LogP contribution in [-0.4, -0.2) is 39.5 Å². The fourth-order valence-electron chi connectivity index (χ4n) is 2.16. The Hall–Kier alpha value is -1.51. The molecule has 0 spiro atoms. The molecular formula is C16H29N5O2Si. The van der Waals surface area contributed by atoms with Crippen molar-refractivity contribution in [3.05, 3.63) is 12.2 Å². The lowest BCUT2D eigenvalue weighted by Crippen LogP contribution is -2.41. The van der Waals surface area contributed by atoms with Crippen molar-refractivity contribution in [1.82, 2.24) is 19.5 Å². The van der Waals surface area contributed by atoms with Gasteiger partial charge in [-0.15, -0.1) is 0 Å². The predicted octanol–water partition coefficient (Wildman–Crippen LogP) is 2.70. The Morgan fingerprint density at radius 1 is 1.25 bits per heavy atom. The number of aryl methyl sites for hydroxylation is 1. The highest BCUT2D eigenvalue weighted by Gasteiger charge is 2.37. The Morgan fingerprint density at radius 2 is 1.96 bits per heavy atom. The first-order chi connectivity index (χ1) is 11.2. The summed E-state index contributed by atoms with van der Waals surface area (Å²) in [6.45, 7) is 11.7. The van der Waals surface area contributed by atoms with Crippen molar-refractivity contribution in [3.8, 4) is 0 Å². The molecule has 0 amide bonds. The van der Waals surface area contributed by atoms with Gasteiger partial charge in [0.25, 0.3) is 0 Å². The molecule has 0 aliphatic carbocycles. The van der Waals surface area contributed by atoms with Crippen LogP contribution in [0.2, 0.25) is 18.1 Å². The van der Waals surface area contributed by atoms with Crippen molar-refractivity contribution in [2.75, 3.05) is 12.3 Å². The third-order valence-corrected chi connectivity index (χ3v) is 9.27. The molecule has 2 aromatic heterocycles. The number of aliphatic hydroxyl groups excluding tert-OH is 1. The molecule has 0 atom stereocenters. The van der Waals surface area contributed by atoms with E-state index in [-0.39, 0.29) is 11.6 Å². The Kier molecular flexibility index (Phi) is 5.62. The molecule has 134 valence electrons. The summed E-state index contributed by atoms with van der Waals surface area (Å²) in [6, 6.07) is 0. The zero-order valence-electron chi connectivity index (χ0n) is 15.3. The maximum Gasteiger partial charge on any atom is 0.194 e. The van der Waals surface area contributed by atoms with Gasteiger partial charge >= 0.3 is 0 Å². The summed E-state index contributed by atoms with van der Waals surface area (Å²) in [6.07, 6.45) is 3.80. The van der Waals surface area contributed by atoms with Crippen molar-refractivity contribution < 1.29 is 9.53 Å². The lowest BCUT2D eigenvalue weighted by atomic mass is 10.2. The highest BCUT2D eigenvalue weighted by atomic mass is 28.4. The molecule has 0 saturated heterocycles. The van der Waals surface area contributed by atoms with Crippen LogP contribution in [0.15, 0.2) is 6.33 Å². The summed E-state index contributed by atoms with van der Waals surface area (Å²) in [5.74, 6) is 1.26. The number of anilines is 1. The summed E-state index contributed by atoms with van der Waals surface area (Å²) in [5, 5.41) is 9.14. The molecule has 0 fully saturated rings. The Morgan fingerprint density at radius 3 is 2.58 bits per heavy atom. The van der Waals surface area contributed by atoms with Crippen LogP contribution >= 0.6 is 0 Å². The van der Waals surface area contributed by atoms with Gasteiger partial charge < -0.3 is 15.3 Å². The van der Waals surface area contributed by atoms with E-state index in [0.29, 0.717) is 23.7 Å². The van der Waals surface area contributed by atoms with Gasteiger partial charge in [-0.25, -0.2) is 15.0 Å². The summed E-state index contributed by atoms with van der Waals surface area (Å²) in [4.78, 5) is 13.0. The second-order valence-corrected chi connectivity index (χ2v) is 12.4. The van der Waals surface area contributed by atoms with Crippen LogP contribution in [0.3, 0.4) is 0 Å². The number of nitrogens with two attached hydrogens (primary N) is 1. The molecule has 0 radical (unpaired) electrons. The number of imidazole rings is 1. The molecule has 2 aromatic rings. The maximum absolute atomic E-state index is 9.01. The van der Waals surface area contributed by atoms with Crippen LogP contribution in [0.5, 0.6) is 0 Å². The number of nitrogens with zero attached hydrogens (tertiary/aromatic N) is 4. The highest BCUT2D eigenvalue weighted by Crippen LogP contribution is 2.37. The highest BCUT2D eigenvalue weighted by molar-refractivity contribution is 6.74. The number of hydrogen-bond acceptors (Lipinski definition) is 6. The lowest BCUT2D eigenvalue weighted by molar-refractivity contribution is 0.212. The minimum atomic E-state index is -1.89. The van der Waals surface area contributed by atoms with Crippen molar-refractivity contribution in [2.24, 2.45) is 0 Å². The number of fused-ring (bicyclic) bond motifs is 1. The maximum atomic E-state index is 9.01. The largest absolute Gasteiger partial charge is 0.399 e. The van der Waals surface area contributed by atoms with E-state index in [2.05, 4.69) is 48.8 Å². The summed E-state index contributed by atoms with van der Waals surface area (Å²) < 4.78 is 8.34. The average Bonchev–Trinajstić information content (AvgIpc) is 2.84. The number of aromatic nitrogens is 4. The summed E-state index contributed by atoms with van der Waals surface area (Å²) in [5.41, 5.74) is 7.27. The van der Waals surface area contributed by atoms with E-state index in [9.17, 15) is 0 Å². The zero-order chi connectivity index (χ0) is 18.0. The van der Waals surface area contributed by atoms with E-state index in [4.69, 9.17) is 15.3 Å². The second kappa shape index (κ2) is 7.16. The molecule has 24 heavy (non-hydrogen) atoms. The zero-order valence-corrected chi connectivity index (χ0v) is 16.3. The topological polar surface area (TPSA) is 99.1 Å². The first kappa shape index (κ1) is 18.8. The number of unbranched alkanes of at least 4 members (excludes halogenated alkanes) is 1. The van der Waals surface area contributed by atoms with Gasteiger partial charge in [0.05, 0.1) is 0 Å². The van der Waals surface area contributed by atoms with Gasteiger partial charge in [0.1, 0.15) is 18.9 Å². The van der Waals surface area contributed by atoms with Crippen LogP contribution < -0.4 is 5.73 Å². The van der Waals surface area contributed by atoms with Crippen LogP contribution in [0.25, 0.3) is 11.2 Å². The lowest BCUT2D eigenvalue weighted by Gasteiger charge is -2.36. The molecule has 0 aliphatic rings. The van der Waals surface area contributed by atoms with Gasteiger partial charge in [0.2, 0.25) is 0 Å². The smallest absolute Gasteiger partial charge is 0.194 e. The van der Waals surface area contributed by atoms with E-state index in [0.717, 1.165) is 25.1 Å². The summed E-state index contributed by atoms with van der Waals surface area (Å²) in [7, 11) is -1.89. The molecule has 0 unspecified atom stereocenters. The van der Waals surface area contributed by atoms with Crippen LogP contribution in [-0.2, 0) is 17.6 Å². The second-order valence-electron chi connectivity index (χ2n) is 7.60. The van der Waals surface area contributed by atoms with Gasteiger partial charge in [-0.1, -0.05) is 20.8 Å². The Balaban J connectivity index is 2.32. The fraction of sp³-hybridized carbons (Fsp3) is 0.688. The van der Waals surface area contributed by atoms with Crippen molar-refractivity contribution in [1.29, 1.82) is 0 Å². The standard InChI is InChI=1S/C16H29N5O2Si/c1-16(2,3)24(4,5)23-11-21-12(8-6-7-9-22)20-13-14(17)18-10-19-15(13)21/h10,22H,6-9,11H2,1-5H3,(H2,17,18,19). The minimum absolute atomic E-state index is 0.133. The van der Waals surface area contributed by atoms with Crippen molar-refractivity contribution in [2.45, 2.75) is 64.9 Å². The first-order valence-electron chi connectivity index (χ1n) is 8.38. The SMILES string of the molecule is CC(C)(C)[Si](C)(C)OCn1c(CCCCO)nc2c(N)ncnc21. The van der Waals surface area contributed by atoms with E-state index in [1.54, 1.807) is 0 Å². The van der Waals surface area contributed by atoms with Crippen molar-refractivity contribution >= 4 is 25.3 Å². The molecule has 2 heterocycles. The number of rotatable bonds is 7. The molecule has 8 heteroatoms. The monoisotopic (exact) mass is 351 g/mol. The van der Waals surface area contributed by atoms with Gasteiger partial charge in [-0.3, -0.25) is 4.57 Å². The molecular weight excluding hydrogens is 322 g/mol. The third-order valence-electron chi connectivity index (χ3n) is 4.81. The number of aliphatic hydroxyl groups is 1. The van der Waals surface area contributed by atoms with Crippen LogP contribution in [0.1, 0.15) is 39.4 Å². The van der Waals surface area contributed by atoms with Crippen molar-refractivity contribution in [3.63, 3.8) is 0 Å². The molecule has 0 saturated carbocycles. The number of nitrogen functional groups attached to an aromatic ring is 1. The quantitative estimate of drug-likeness (QED) is 0.588. The Bertz CT molecular complexity index is 694. The molecule has 3 N–H and O–H groups in total. The Labute approximate surface area is 144 Å². The van der Waals surface area contributed by atoms with Gasteiger partial charge in [0.15, 0.2) is 25.3 Å². The average molecular weight is 352 g/mol. The predicted molar refractivity (Wildman–Crippen MR) is 98.0 cm³/mol. The number of hydrogen-bond donors (Lipinski definition) is 2. The van der Waals surface area contributed by atoms with Crippen LogP contribution in [0, 0.1) is 0 Å². The first-order valence-corrected chi connectivity index (χ1v) is 11.3. The van der Waals surface area contributed by atoms with Crippen LogP contribution in [0.4, 0.5) is 5.82 Å². The van der Waals surface area contributed by atoms with E-state index < -0.39 is 8.32 Å². The third kappa shape index (κ3) is 3.93. The van der Waals surface area contributed by atoms with E-state index in [1.165, 1.54) is 6.33 Å². The molecule has 7 nitrogen and oxygen atoms in total. The van der Waals surface area contributed by atoms with Gasteiger partial charge in [-0.05, 0) is 31.0 Å². The molecule has 2 rings (SSSR count). The normalized spacial score (nSPS) is 12.9. The summed E-state index contributed by atoms with van der Waals surface area (Å²) >= 11 is 0. The molecule has 0 aliphatic heterocycles. The fourth-order valence-corrected chi connectivity index (χ4v) is 3.05. The van der Waals surface area contributed by atoms with Gasteiger partial charge in [-0.2, -0.15) is 0 Å². The van der Waals surface area contributed by atoms with E-state index >= 15 is 0 Å².